The number of hydrogen-bond acceptors (Lipinski definition) is 3. The van der Waals surface area contributed by atoms with Crippen molar-refractivity contribution in [2.24, 2.45) is 5.92 Å². The molecule has 1 aliphatic heterocycles. The van der Waals surface area contributed by atoms with Gasteiger partial charge in [-0.3, -0.25) is 14.4 Å². The van der Waals surface area contributed by atoms with E-state index in [9.17, 15) is 4.39 Å². The summed E-state index contributed by atoms with van der Waals surface area (Å²) in [4.78, 5) is 6.70. The lowest BCUT2D eigenvalue weighted by Gasteiger charge is -2.15. The van der Waals surface area contributed by atoms with Crippen LogP contribution in [0, 0.1) is 12.8 Å². The average Bonchev–Trinajstić information content (AvgIpc) is 3.14. The molecule has 0 bridgehead atoms. The number of aryl methyl sites for hydroxylation is 2. The molecule has 1 aromatic carbocycles. The van der Waals surface area contributed by atoms with Gasteiger partial charge in [-0.15, -0.1) is 0 Å². The quantitative estimate of drug-likeness (QED) is 0.923. The van der Waals surface area contributed by atoms with Crippen LogP contribution in [0.2, 0.25) is 0 Å². The van der Waals surface area contributed by atoms with Gasteiger partial charge in [-0.05, 0) is 24.5 Å². The molecule has 1 saturated heterocycles. The SMILES string of the molecule is CCc1ccc(CN2C[C@@H](CF)[C@H](c3n[nH]c(C)n3)C2)cc1. The number of H-pyrrole nitrogens is 1. The number of likely N-dealkylation sites (tertiary alicyclic amines) is 1. The fourth-order valence-electron chi connectivity index (χ4n) is 3.20. The molecule has 1 aromatic heterocycles. The monoisotopic (exact) mass is 302 g/mol. The number of halogens is 1. The van der Waals surface area contributed by atoms with E-state index in [2.05, 4.69) is 51.3 Å². The van der Waals surface area contributed by atoms with Crippen LogP contribution in [0.4, 0.5) is 4.39 Å². The van der Waals surface area contributed by atoms with Gasteiger partial charge >= 0.3 is 0 Å². The number of nitrogens with zero attached hydrogens (tertiary/aromatic N) is 3. The molecular weight excluding hydrogens is 279 g/mol. The first-order valence-electron chi connectivity index (χ1n) is 7.94. The van der Waals surface area contributed by atoms with E-state index in [0.717, 1.165) is 37.7 Å². The zero-order valence-electron chi connectivity index (χ0n) is 13.2. The van der Waals surface area contributed by atoms with E-state index in [0.29, 0.717) is 0 Å². The molecule has 2 atom stereocenters. The summed E-state index contributed by atoms with van der Waals surface area (Å²) >= 11 is 0. The summed E-state index contributed by atoms with van der Waals surface area (Å²) < 4.78 is 13.4. The predicted octanol–water partition coefficient (Wildman–Crippen LogP) is 2.86. The summed E-state index contributed by atoms with van der Waals surface area (Å²) in [5, 5.41) is 7.10. The van der Waals surface area contributed by atoms with Gasteiger partial charge < -0.3 is 0 Å². The van der Waals surface area contributed by atoms with Gasteiger partial charge in [0.1, 0.15) is 5.82 Å². The number of rotatable bonds is 5. The second-order valence-corrected chi connectivity index (χ2v) is 6.16. The van der Waals surface area contributed by atoms with Crippen molar-refractivity contribution in [1.82, 2.24) is 20.1 Å². The fraction of sp³-hybridized carbons (Fsp3) is 0.529. The van der Waals surface area contributed by atoms with Crippen LogP contribution in [0.3, 0.4) is 0 Å². The number of alkyl halides is 1. The molecule has 0 saturated carbocycles. The fourth-order valence-corrected chi connectivity index (χ4v) is 3.20. The Hall–Kier alpha value is -1.75. The van der Waals surface area contributed by atoms with Crippen LogP contribution in [0.1, 0.15) is 35.6 Å². The number of aromatic amines is 1. The summed E-state index contributed by atoms with van der Waals surface area (Å²) in [6, 6.07) is 8.70. The van der Waals surface area contributed by atoms with Gasteiger partial charge in [-0.25, -0.2) is 4.98 Å². The number of benzene rings is 1. The molecule has 1 N–H and O–H groups in total. The Morgan fingerprint density at radius 2 is 1.95 bits per heavy atom. The molecular formula is C17H23FN4. The predicted molar refractivity (Wildman–Crippen MR) is 84.4 cm³/mol. The molecule has 5 heteroatoms. The number of nitrogens with one attached hydrogen (secondary N) is 1. The Labute approximate surface area is 130 Å². The molecule has 0 unspecified atom stereocenters. The third-order valence-corrected chi connectivity index (χ3v) is 4.50. The highest BCUT2D eigenvalue weighted by Crippen LogP contribution is 2.32. The minimum Gasteiger partial charge on any atom is -0.298 e. The maximum absolute atomic E-state index is 13.4. The van der Waals surface area contributed by atoms with Crippen molar-refractivity contribution in [1.29, 1.82) is 0 Å². The van der Waals surface area contributed by atoms with Crippen LogP contribution in [0.25, 0.3) is 0 Å². The topological polar surface area (TPSA) is 44.8 Å². The molecule has 0 aliphatic carbocycles. The lowest BCUT2D eigenvalue weighted by Crippen LogP contribution is -2.20. The first-order valence-corrected chi connectivity index (χ1v) is 7.94. The summed E-state index contributed by atoms with van der Waals surface area (Å²) in [5.41, 5.74) is 2.63. The highest BCUT2D eigenvalue weighted by atomic mass is 19.1. The van der Waals surface area contributed by atoms with Gasteiger partial charge in [0.25, 0.3) is 0 Å². The van der Waals surface area contributed by atoms with Crippen molar-refractivity contribution >= 4 is 0 Å². The number of hydrogen-bond donors (Lipinski definition) is 1. The van der Waals surface area contributed by atoms with Crippen molar-refractivity contribution in [3.63, 3.8) is 0 Å². The van der Waals surface area contributed by atoms with Crippen molar-refractivity contribution in [2.75, 3.05) is 19.8 Å². The van der Waals surface area contributed by atoms with Crippen molar-refractivity contribution < 1.29 is 4.39 Å². The summed E-state index contributed by atoms with van der Waals surface area (Å²) in [6.07, 6.45) is 1.06. The molecule has 0 radical (unpaired) electrons. The molecule has 0 amide bonds. The van der Waals surface area contributed by atoms with Crippen molar-refractivity contribution in [3.8, 4) is 0 Å². The third kappa shape index (κ3) is 3.19. The van der Waals surface area contributed by atoms with E-state index in [1.807, 2.05) is 6.92 Å². The van der Waals surface area contributed by atoms with E-state index >= 15 is 0 Å². The third-order valence-electron chi connectivity index (χ3n) is 4.50. The van der Waals surface area contributed by atoms with E-state index in [4.69, 9.17) is 0 Å². The Bertz CT molecular complexity index is 607. The zero-order valence-corrected chi connectivity index (χ0v) is 13.2. The summed E-state index contributed by atoms with van der Waals surface area (Å²) in [7, 11) is 0. The molecule has 2 aromatic rings. The average molecular weight is 302 g/mol. The van der Waals surface area contributed by atoms with E-state index in [1.54, 1.807) is 0 Å². The molecule has 4 nitrogen and oxygen atoms in total. The van der Waals surface area contributed by atoms with Crippen LogP contribution in [-0.2, 0) is 13.0 Å². The van der Waals surface area contributed by atoms with Gasteiger partial charge in [-0.2, -0.15) is 5.10 Å². The van der Waals surface area contributed by atoms with E-state index < -0.39 is 0 Å². The van der Waals surface area contributed by atoms with Crippen molar-refractivity contribution in [2.45, 2.75) is 32.7 Å². The molecule has 3 rings (SSSR count). The van der Waals surface area contributed by atoms with Crippen molar-refractivity contribution in [3.05, 3.63) is 47.0 Å². The maximum atomic E-state index is 13.4. The Balaban J connectivity index is 1.68. The van der Waals surface area contributed by atoms with Gasteiger partial charge in [0, 0.05) is 31.5 Å². The first-order chi connectivity index (χ1) is 10.7. The normalized spacial score (nSPS) is 22.3. The summed E-state index contributed by atoms with van der Waals surface area (Å²) in [6.45, 7) is 6.17. The second kappa shape index (κ2) is 6.57. The van der Waals surface area contributed by atoms with Gasteiger partial charge in [0.05, 0.1) is 6.67 Å². The summed E-state index contributed by atoms with van der Waals surface area (Å²) in [5.74, 6) is 1.63. The first kappa shape index (κ1) is 15.2. The highest BCUT2D eigenvalue weighted by Gasteiger charge is 2.36. The van der Waals surface area contributed by atoms with Gasteiger partial charge in [-0.1, -0.05) is 31.2 Å². The van der Waals surface area contributed by atoms with Crippen LogP contribution in [0.5, 0.6) is 0 Å². The number of aromatic nitrogens is 3. The lowest BCUT2D eigenvalue weighted by molar-refractivity contribution is 0.296. The Morgan fingerprint density at radius 1 is 1.23 bits per heavy atom. The van der Waals surface area contributed by atoms with Crippen LogP contribution < -0.4 is 0 Å². The largest absolute Gasteiger partial charge is 0.298 e. The van der Waals surface area contributed by atoms with Crippen LogP contribution in [-0.4, -0.2) is 39.8 Å². The molecule has 2 heterocycles. The van der Waals surface area contributed by atoms with Gasteiger partial charge in [0.2, 0.25) is 0 Å². The highest BCUT2D eigenvalue weighted by molar-refractivity contribution is 5.22. The second-order valence-electron chi connectivity index (χ2n) is 6.16. The maximum Gasteiger partial charge on any atom is 0.155 e. The smallest absolute Gasteiger partial charge is 0.155 e. The van der Waals surface area contributed by atoms with Crippen LogP contribution >= 0.6 is 0 Å². The van der Waals surface area contributed by atoms with Crippen LogP contribution in [0.15, 0.2) is 24.3 Å². The van der Waals surface area contributed by atoms with E-state index in [1.165, 1.54) is 11.1 Å². The molecule has 118 valence electrons. The molecule has 1 aliphatic rings. The standard InChI is InChI=1S/C17H23FN4/c1-3-13-4-6-14(7-5-13)9-22-10-15(8-18)16(11-22)17-19-12(2)20-21-17/h4-7,15-16H,3,8-11H2,1-2H3,(H,19,20,21)/t15-,16-/m1/s1. The molecule has 0 spiro atoms. The molecule has 1 fully saturated rings. The van der Waals surface area contributed by atoms with E-state index in [-0.39, 0.29) is 18.5 Å². The van der Waals surface area contributed by atoms with Gasteiger partial charge in [0.15, 0.2) is 5.82 Å². The zero-order chi connectivity index (χ0) is 15.5. The Morgan fingerprint density at radius 3 is 2.55 bits per heavy atom. The molecule has 22 heavy (non-hydrogen) atoms. The minimum absolute atomic E-state index is 0.00915. The minimum atomic E-state index is -0.316. The Kier molecular flexibility index (Phi) is 4.52. The lowest BCUT2D eigenvalue weighted by atomic mass is 9.97.